The fourth-order valence-corrected chi connectivity index (χ4v) is 0.745. The summed E-state index contributed by atoms with van der Waals surface area (Å²) in [7, 11) is 0. The number of carbonyl (C=O) groups is 1. The first-order chi connectivity index (χ1) is 4.54. The van der Waals surface area contributed by atoms with E-state index < -0.39 is 11.7 Å². The SMILES string of the molecule is CC1=COC(C)(C(=O)O)N1. The number of hydrogen-bond acceptors (Lipinski definition) is 3. The zero-order valence-electron chi connectivity index (χ0n) is 5.84. The zero-order valence-corrected chi connectivity index (χ0v) is 5.84. The predicted molar refractivity (Wildman–Crippen MR) is 34.0 cm³/mol. The molecule has 0 fully saturated rings. The van der Waals surface area contributed by atoms with Crippen molar-refractivity contribution < 1.29 is 14.6 Å². The monoisotopic (exact) mass is 143 g/mol. The van der Waals surface area contributed by atoms with Crippen molar-refractivity contribution in [3.63, 3.8) is 0 Å². The first-order valence-electron chi connectivity index (χ1n) is 2.91. The fraction of sp³-hybridized carbons (Fsp3) is 0.500. The van der Waals surface area contributed by atoms with Crippen LogP contribution < -0.4 is 5.32 Å². The van der Waals surface area contributed by atoms with E-state index in [4.69, 9.17) is 9.84 Å². The Bertz CT molecular complexity index is 199. The van der Waals surface area contributed by atoms with Gasteiger partial charge in [0.05, 0.1) is 0 Å². The second-order valence-electron chi connectivity index (χ2n) is 2.38. The first-order valence-corrected chi connectivity index (χ1v) is 2.91. The average Bonchev–Trinajstić information content (AvgIpc) is 2.13. The number of rotatable bonds is 1. The van der Waals surface area contributed by atoms with Crippen molar-refractivity contribution in [3.05, 3.63) is 12.0 Å². The van der Waals surface area contributed by atoms with Gasteiger partial charge in [0, 0.05) is 12.6 Å². The van der Waals surface area contributed by atoms with E-state index in [-0.39, 0.29) is 0 Å². The van der Waals surface area contributed by atoms with Crippen LogP contribution in [0.3, 0.4) is 0 Å². The van der Waals surface area contributed by atoms with Gasteiger partial charge >= 0.3 is 5.97 Å². The van der Waals surface area contributed by atoms with Crippen molar-refractivity contribution in [2.24, 2.45) is 0 Å². The third-order valence-electron chi connectivity index (χ3n) is 1.32. The molecule has 0 aliphatic carbocycles. The van der Waals surface area contributed by atoms with Crippen LogP contribution in [0.2, 0.25) is 0 Å². The molecule has 1 heterocycles. The van der Waals surface area contributed by atoms with Gasteiger partial charge in [-0.1, -0.05) is 0 Å². The van der Waals surface area contributed by atoms with Gasteiger partial charge in [0.2, 0.25) is 0 Å². The second-order valence-corrected chi connectivity index (χ2v) is 2.38. The third-order valence-corrected chi connectivity index (χ3v) is 1.32. The van der Waals surface area contributed by atoms with Crippen LogP contribution in [-0.4, -0.2) is 16.8 Å². The minimum Gasteiger partial charge on any atom is -0.477 e. The molecule has 2 N–H and O–H groups in total. The molecule has 1 aliphatic rings. The van der Waals surface area contributed by atoms with Crippen LogP contribution in [0, 0.1) is 0 Å². The summed E-state index contributed by atoms with van der Waals surface area (Å²) in [6.07, 6.45) is 1.40. The molecule has 1 atom stereocenters. The lowest BCUT2D eigenvalue weighted by atomic mass is 10.3. The van der Waals surface area contributed by atoms with Gasteiger partial charge in [-0.2, -0.15) is 0 Å². The predicted octanol–water partition coefficient (Wildman–Crippen LogP) is 0.268. The molecule has 1 aliphatic heterocycles. The molecule has 0 aromatic heterocycles. The molecule has 0 aromatic rings. The van der Waals surface area contributed by atoms with E-state index in [2.05, 4.69) is 5.32 Å². The highest BCUT2D eigenvalue weighted by Gasteiger charge is 2.37. The van der Waals surface area contributed by atoms with Crippen LogP contribution >= 0.6 is 0 Å². The summed E-state index contributed by atoms with van der Waals surface area (Å²) in [6, 6.07) is 0. The van der Waals surface area contributed by atoms with Crippen molar-refractivity contribution >= 4 is 5.97 Å². The molecule has 4 heteroatoms. The molecular formula is C6H9NO3. The molecule has 0 spiro atoms. The van der Waals surface area contributed by atoms with Crippen LogP contribution in [0.15, 0.2) is 12.0 Å². The van der Waals surface area contributed by atoms with Gasteiger partial charge in [-0.05, 0) is 6.92 Å². The lowest BCUT2D eigenvalue weighted by Crippen LogP contribution is -2.46. The van der Waals surface area contributed by atoms with E-state index in [0.717, 1.165) is 5.70 Å². The van der Waals surface area contributed by atoms with E-state index in [0.29, 0.717) is 0 Å². The normalized spacial score (nSPS) is 30.4. The van der Waals surface area contributed by atoms with Crippen LogP contribution in [-0.2, 0) is 9.53 Å². The minimum atomic E-state index is -1.26. The summed E-state index contributed by atoms with van der Waals surface area (Å²) in [5, 5.41) is 11.2. The van der Waals surface area contributed by atoms with E-state index in [9.17, 15) is 4.79 Å². The molecule has 1 unspecified atom stereocenters. The summed E-state index contributed by atoms with van der Waals surface area (Å²) >= 11 is 0. The van der Waals surface area contributed by atoms with E-state index in [1.807, 2.05) is 0 Å². The summed E-state index contributed by atoms with van der Waals surface area (Å²) in [6.45, 7) is 3.20. The number of hydrogen-bond donors (Lipinski definition) is 2. The molecule has 0 saturated heterocycles. The lowest BCUT2D eigenvalue weighted by molar-refractivity contribution is -0.157. The maximum Gasteiger partial charge on any atom is 0.369 e. The molecule has 0 aromatic carbocycles. The third kappa shape index (κ3) is 0.920. The number of carboxylic acids is 1. The van der Waals surface area contributed by atoms with Gasteiger partial charge in [-0.15, -0.1) is 0 Å². The molecule has 4 nitrogen and oxygen atoms in total. The van der Waals surface area contributed by atoms with E-state index in [1.165, 1.54) is 13.2 Å². The number of ether oxygens (including phenoxy) is 1. The Morgan fingerprint density at radius 2 is 2.50 bits per heavy atom. The molecular weight excluding hydrogens is 134 g/mol. The molecule has 0 amide bonds. The maximum atomic E-state index is 10.4. The smallest absolute Gasteiger partial charge is 0.369 e. The Morgan fingerprint density at radius 3 is 2.70 bits per heavy atom. The maximum absolute atomic E-state index is 10.4. The summed E-state index contributed by atoms with van der Waals surface area (Å²) in [5.41, 5.74) is -0.533. The van der Waals surface area contributed by atoms with Crippen molar-refractivity contribution in [3.8, 4) is 0 Å². The quantitative estimate of drug-likeness (QED) is 0.553. The standard InChI is InChI=1S/C6H9NO3/c1-4-3-10-6(2,7-4)5(8)9/h3,7H,1-2H3,(H,8,9). The van der Waals surface area contributed by atoms with Crippen molar-refractivity contribution in [1.82, 2.24) is 5.32 Å². The van der Waals surface area contributed by atoms with Crippen LogP contribution in [0.4, 0.5) is 0 Å². The molecule has 0 saturated carbocycles. The number of nitrogens with one attached hydrogen (secondary N) is 1. The molecule has 0 bridgehead atoms. The average molecular weight is 143 g/mol. The summed E-state index contributed by atoms with van der Waals surface area (Å²) in [5.74, 6) is -1.01. The van der Waals surface area contributed by atoms with Gasteiger partial charge < -0.3 is 15.2 Å². The molecule has 0 radical (unpaired) electrons. The van der Waals surface area contributed by atoms with Crippen LogP contribution in [0.5, 0.6) is 0 Å². The highest BCUT2D eigenvalue weighted by atomic mass is 16.5. The Balaban J connectivity index is 2.70. The van der Waals surface area contributed by atoms with Gasteiger partial charge in [0.1, 0.15) is 6.26 Å². The number of allylic oxidation sites excluding steroid dienone is 1. The molecule has 1 rings (SSSR count). The van der Waals surface area contributed by atoms with Crippen LogP contribution in [0.1, 0.15) is 13.8 Å². The highest BCUT2D eigenvalue weighted by Crippen LogP contribution is 2.16. The highest BCUT2D eigenvalue weighted by molar-refractivity contribution is 5.77. The molecule has 56 valence electrons. The lowest BCUT2D eigenvalue weighted by Gasteiger charge is -2.18. The van der Waals surface area contributed by atoms with Gasteiger partial charge in [0.25, 0.3) is 5.72 Å². The fourth-order valence-electron chi connectivity index (χ4n) is 0.745. The number of aliphatic carboxylic acids is 1. The van der Waals surface area contributed by atoms with Gasteiger partial charge in [-0.3, -0.25) is 0 Å². The minimum absolute atomic E-state index is 0.727. The Kier molecular flexibility index (Phi) is 1.31. The Hall–Kier alpha value is -1.19. The zero-order chi connectivity index (χ0) is 7.78. The van der Waals surface area contributed by atoms with Crippen LogP contribution in [0.25, 0.3) is 0 Å². The summed E-state index contributed by atoms with van der Waals surface area (Å²) < 4.78 is 4.84. The van der Waals surface area contributed by atoms with Crippen molar-refractivity contribution in [2.45, 2.75) is 19.6 Å². The largest absolute Gasteiger partial charge is 0.477 e. The molecule has 10 heavy (non-hydrogen) atoms. The van der Waals surface area contributed by atoms with E-state index >= 15 is 0 Å². The number of carboxylic acid groups (broad SMARTS) is 1. The first kappa shape index (κ1) is 6.92. The van der Waals surface area contributed by atoms with Crippen molar-refractivity contribution in [1.29, 1.82) is 0 Å². The van der Waals surface area contributed by atoms with E-state index in [1.54, 1.807) is 6.92 Å². The topological polar surface area (TPSA) is 58.6 Å². The van der Waals surface area contributed by atoms with Gasteiger partial charge in [-0.25, -0.2) is 4.79 Å². The Morgan fingerprint density at radius 1 is 1.90 bits per heavy atom. The Labute approximate surface area is 58.5 Å². The van der Waals surface area contributed by atoms with Gasteiger partial charge in [0.15, 0.2) is 0 Å². The second kappa shape index (κ2) is 1.90. The van der Waals surface area contributed by atoms with Crippen molar-refractivity contribution in [2.75, 3.05) is 0 Å². The summed E-state index contributed by atoms with van der Waals surface area (Å²) in [4.78, 5) is 10.4.